The Kier molecular flexibility index (Phi) is 4.12. The summed E-state index contributed by atoms with van der Waals surface area (Å²) in [5.41, 5.74) is 1.82. The summed E-state index contributed by atoms with van der Waals surface area (Å²) in [6.45, 7) is 0. The Labute approximate surface area is 138 Å². The number of H-pyrrole nitrogens is 1. The molecule has 1 amide bonds. The number of hydrogen-bond donors (Lipinski definition) is 2. The molecule has 0 bridgehead atoms. The quantitative estimate of drug-likeness (QED) is 0.757. The Morgan fingerprint density at radius 1 is 1.09 bits per heavy atom. The zero-order chi connectivity index (χ0) is 16.4. The van der Waals surface area contributed by atoms with E-state index in [4.69, 9.17) is 21.1 Å². The highest BCUT2D eigenvalue weighted by atomic mass is 35.5. The van der Waals surface area contributed by atoms with Crippen molar-refractivity contribution < 1.29 is 14.3 Å². The number of anilines is 1. The van der Waals surface area contributed by atoms with E-state index in [9.17, 15) is 4.79 Å². The van der Waals surface area contributed by atoms with Crippen LogP contribution in [0.3, 0.4) is 0 Å². The number of ether oxygens (including phenoxy) is 2. The Morgan fingerprint density at radius 2 is 1.91 bits per heavy atom. The lowest BCUT2D eigenvalue weighted by molar-refractivity contribution is 0.102. The Bertz CT molecular complexity index is 873. The molecule has 0 atom stereocenters. The van der Waals surface area contributed by atoms with Gasteiger partial charge >= 0.3 is 0 Å². The first kappa shape index (κ1) is 15.2. The predicted molar refractivity (Wildman–Crippen MR) is 90.8 cm³/mol. The molecular weight excluding hydrogens is 316 g/mol. The second-order valence-electron chi connectivity index (χ2n) is 4.93. The maximum Gasteiger partial charge on any atom is 0.272 e. The molecule has 0 unspecified atom stereocenters. The molecule has 2 aromatic carbocycles. The highest BCUT2D eigenvalue weighted by Crippen LogP contribution is 2.29. The molecule has 2 N–H and O–H groups in total. The van der Waals surface area contributed by atoms with Gasteiger partial charge in [-0.15, -0.1) is 0 Å². The standard InChI is InChI=1S/C17H15ClN2O3/c1-22-12-4-6-16(23-2)14(9-12)20-17(21)15-8-10-7-11(18)3-5-13(10)19-15/h3-9,19H,1-2H3,(H,20,21). The molecule has 1 heterocycles. The number of benzene rings is 2. The van der Waals surface area contributed by atoms with Crippen molar-refractivity contribution >= 4 is 34.1 Å². The van der Waals surface area contributed by atoms with Crippen LogP contribution in [0.2, 0.25) is 5.02 Å². The first-order valence-electron chi connectivity index (χ1n) is 6.92. The molecule has 23 heavy (non-hydrogen) atoms. The minimum Gasteiger partial charge on any atom is -0.497 e. The van der Waals surface area contributed by atoms with E-state index in [1.165, 1.54) is 0 Å². The van der Waals surface area contributed by atoms with Crippen LogP contribution in [0.4, 0.5) is 5.69 Å². The summed E-state index contributed by atoms with van der Waals surface area (Å²) >= 11 is 5.97. The number of hydrogen-bond acceptors (Lipinski definition) is 3. The minimum atomic E-state index is -0.274. The topological polar surface area (TPSA) is 63.4 Å². The third-order valence-corrected chi connectivity index (χ3v) is 3.72. The van der Waals surface area contributed by atoms with Crippen LogP contribution >= 0.6 is 11.6 Å². The number of rotatable bonds is 4. The van der Waals surface area contributed by atoms with Gasteiger partial charge < -0.3 is 19.8 Å². The number of fused-ring (bicyclic) bond motifs is 1. The fraction of sp³-hybridized carbons (Fsp3) is 0.118. The van der Waals surface area contributed by atoms with Crippen LogP contribution in [0.15, 0.2) is 42.5 Å². The number of aromatic amines is 1. The van der Waals surface area contributed by atoms with Crippen molar-refractivity contribution in [3.63, 3.8) is 0 Å². The van der Waals surface area contributed by atoms with Crippen molar-refractivity contribution in [2.24, 2.45) is 0 Å². The molecule has 118 valence electrons. The van der Waals surface area contributed by atoms with Crippen molar-refractivity contribution in [1.82, 2.24) is 4.98 Å². The van der Waals surface area contributed by atoms with Gasteiger partial charge in [-0.1, -0.05) is 11.6 Å². The summed E-state index contributed by atoms with van der Waals surface area (Å²) in [5.74, 6) is 0.909. The van der Waals surface area contributed by atoms with E-state index < -0.39 is 0 Å². The number of aromatic nitrogens is 1. The zero-order valence-corrected chi connectivity index (χ0v) is 13.4. The number of carbonyl (C=O) groups excluding carboxylic acids is 1. The van der Waals surface area contributed by atoms with Crippen LogP contribution in [0.5, 0.6) is 11.5 Å². The van der Waals surface area contributed by atoms with Crippen LogP contribution in [-0.2, 0) is 0 Å². The molecule has 6 heteroatoms. The fourth-order valence-electron chi connectivity index (χ4n) is 2.33. The van der Waals surface area contributed by atoms with Crippen LogP contribution in [0.25, 0.3) is 10.9 Å². The van der Waals surface area contributed by atoms with Gasteiger partial charge in [-0.05, 0) is 36.4 Å². The summed E-state index contributed by atoms with van der Waals surface area (Å²) in [6, 6.07) is 12.4. The van der Waals surface area contributed by atoms with E-state index in [2.05, 4.69) is 10.3 Å². The van der Waals surface area contributed by atoms with Crippen molar-refractivity contribution in [3.05, 3.63) is 53.2 Å². The van der Waals surface area contributed by atoms with Crippen LogP contribution < -0.4 is 14.8 Å². The number of halogens is 1. The Morgan fingerprint density at radius 3 is 2.65 bits per heavy atom. The Balaban J connectivity index is 1.91. The third-order valence-electron chi connectivity index (χ3n) is 3.48. The smallest absolute Gasteiger partial charge is 0.272 e. The molecule has 0 saturated heterocycles. The fourth-order valence-corrected chi connectivity index (χ4v) is 2.51. The molecule has 1 aromatic heterocycles. The SMILES string of the molecule is COc1ccc(OC)c(NC(=O)c2cc3cc(Cl)ccc3[nH]2)c1. The number of nitrogens with one attached hydrogen (secondary N) is 2. The highest BCUT2D eigenvalue weighted by Gasteiger charge is 2.13. The van der Waals surface area contributed by atoms with E-state index in [1.54, 1.807) is 50.6 Å². The molecule has 0 aliphatic heterocycles. The van der Waals surface area contributed by atoms with Gasteiger partial charge in [0.15, 0.2) is 0 Å². The van der Waals surface area contributed by atoms with Gasteiger partial charge in [0, 0.05) is 22.0 Å². The molecule has 3 rings (SSSR count). The molecular formula is C17H15ClN2O3. The molecule has 0 aliphatic rings. The molecule has 0 fully saturated rings. The maximum absolute atomic E-state index is 12.5. The van der Waals surface area contributed by atoms with Crippen molar-refractivity contribution in [1.29, 1.82) is 0 Å². The number of carbonyl (C=O) groups is 1. The predicted octanol–water partition coefficient (Wildman–Crippen LogP) is 4.09. The molecule has 5 nitrogen and oxygen atoms in total. The van der Waals surface area contributed by atoms with E-state index in [1.807, 2.05) is 6.07 Å². The summed E-state index contributed by atoms with van der Waals surface area (Å²) in [4.78, 5) is 15.5. The molecule has 3 aromatic rings. The molecule has 0 aliphatic carbocycles. The summed E-state index contributed by atoms with van der Waals surface area (Å²) in [7, 11) is 3.11. The lowest BCUT2D eigenvalue weighted by atomic mass is 10.2. The lowest BCUT2D eigenvalue weighted by Crippen LogP contribution is -2.13. The van der Waals surface area contributed by atoms with Gasteiger partial charge in [-0.3, -0.25) is 4.79 Å². The van der Waals surface area contributed by atoms with Crippen molar-refractivity contribution in [2.45, 2.75) is 0 Å². The maximum atomic E-state index is 12.5. The summed E-state index contributed by atoms with van der Waals surface area (Å²) in [5, 5.41) is 4.32. The largest absolute Gasteiger partial charge is 0.497 e. The van der Waals surface area contributed by atoms with Crippen LogP contribution in [0.1, 0.15) is 10.5 Å². The molecule has 0 radical (unpaired) electrons. The first-order valence-corrected chi connectivity index (χ1v) is 7.30. The summed E-state index contributed by atoms with van der Waals surface area (Å²) < 4.78 is 10.4. The number of methoxy groups -OCH3 is 2. The van der Waals surface area contributed by atoms with Gasteiger partial charge in [-0.25, -0.2) is 0 Å². The second-order valence-corrected chi connectivity index (χ2v) is 5.37. The highest BCUT2D eigenvalue weighted by molar-refractivity contribution is 6.31. The Hall–Kier alpha value is -2.66. The van der Waals surface area contributed by atoms with E-state index in [0.717, 1.165) is 10.9 Å². The van der Waals surface area contributed by atoms with Gasteiger partial charge in [-0.2, -0.15) is 0 Å². The van der Waals surface area contributed by atoms with Gasteiger partial charge in [0.25, 0.3) is 5.91 Å². The average molecular weight is 331 g/mol. The average Bonchev–Trinajstić information content (AvgIpc) is 2.98. The third kappa shape index (κ3) is 3.10. The van der Waals surface area contributed by atoms with Crippen molar-refractivity contribution in [3.8, 4) is 11.5 Å². The molecule has 0 spiro atoms. The van der Waals surface area contributed by atoms with Crippen molar-refractivity contribution in [2.75, 3.05) is 19.5 Å². The van der Waals surface area contributed by atoms with E-state index in [-0.39, 0.29) is 5.91 Å². The second kappa shape index (κ2) is 6.22. The first-order chi connectivity index (χ1) is 11.1. The zero-order valence-electron chi connectivity index (χ0n) is 12.6. The molecule has 0 saturated carbocycles. The van der Waals surface area contributed by atoms with Crippen LogP contribution in [0, 0.1) is 0 Å². The van der Waals surface area contributed by atoms with Gasteiger partial charge in [0.2, 0.25) is 0 Å². The van der Waals surface area contributed by atoms with E-state index in [0.29, 0.717) is 27.9 Å². The van der Waals surface area contributed by atoms with Gasteiger partial charge in [0.1, 0.15) is 17.2 Å². The monoisotopic (exact) mass is 330 g/mol. The van der Waals surface area contributed by atoms with E-state index >= 15 is 0 Å². The minimum absolute atomic E-state index is 0.274. The van der Waals surface area contributed by atoms with Crippen LogP contribution in [-0.4, -0.2) is 25.1 Å². The lowest BCUT2D eigenvalue weighted by Gasteiger charge is -2.11. The number of amides is 1. The normalized spacial score (nSPS) is 10.6. The van der Waals surface area contributed by atoms with Gasteiger partial charge in [0.05, 0.1) is 19.9 Å². The summed E-state index contributed by atoms with van der Waals surface area (Å²) in [6.07, 6.45) is 0.